The molecule has 2 N–H and O–H groups in total. The first-order valence-corrected chi connectivity index (χ1v) is 4.92. The summed E-state index contributed by atoms with van der Waals surface area (Å²) in [7, 11) is 1.88. The predicted molar refractivity (Wildman–Crippen MR) is 50.1 cm³/mol. The lowest BCUT2D eigenvalue weighted by Crippen LogP contribution is -2.05. The molecule has 0 aliphatic rings. The molecule has 0 saturated heterocycles. The lowest BCUT2D eigenvalue weighted by molar-refractivity contribution is 0.173. The molecule has 1 rings (SSSR count). The lowest BCUT2D eigenvalue weighted by atomic mass is 10.3. The van der Waals surface area contributed by atoms with Crippen LogP contribution in [0.4, 0.5) is 0 Å². The molecule has 0 aromatic carbocycles. The first kappa shape index (κ1) is 9.64. The van der Waals surface area contributed by atoms with E-state index in [4.69, 9.17) is 0 Å². The van der Waals surface area contributed by atoms with E-state index >= 15 is 0 Å². The maximum Gasteiger partial charge on any atom is 0.122 e. The number of rotatable bonds is 4. The van der Waals surface area contributed by atoms with E-state index in [-0.39, 0.29) is 6.10 Å². The molecule has 0 saturated carbocycles. The maximum atomic E-state index is 9.44. The van der Waals surface area contributed by atoms with Crippen LogP contribution < -0.4 is 5.32 Å². The summed E-state index contributed by atoms with van der Waals surface area (Å²) in [5.41, 5.74) is 1.00. The Morgan fingerprint density at radius 3 is 3.08 bits per heavy atom. The molecule has 0 amide bonds. The van der Waals surface area contributed by atoms with Crippen molar-refractivity contribution in [3.05, 3.63) is 16.1 Å². The highest BCUT2D eigenvalue weighted by molar-refractivity contribution is 7.09. The Hall–Kier alpha value is -0.450. The van der Waals surface area contributed by atoms with E-state index in [1.54, 1.807) is 0 Å². The van der Waals surface area contributed by atoms with Crippen LogP contribution in [0.25, 0.3) is 0 Å². The summed E-state index contributed by atoms with van der Waals surface area (Å²) in [6.45, 7) is 2.72. The fraction of sp³-hybridized carbons (Fsp3) is 0.625. The Balaban J connectivity index is 2.63. The second-order valence-electron chi connectivity index (χ2n) is 2.63. The topological polar surface area (TPSA) is 45.2 Å². The Labute approximate surface area is 76.5 Å². The van der Waals surface area contributed by atoms with E-state index in [1.807, 2.05) is 19.4 Å². The van der Waals surface area contributed by atoms with Gasteiger partial charge in [0.05, 0.1) is 5.69 Å². The van der Waals surface area contributed by atoms with Gasteiger partial charge in [0.15, 0.2) is 0 Å². The minimum absolute atomic E-state index is 0.388. The van der Waals surface area contributed by atoms with Crippen molar-refractivity contribution in [3.8, 4) is 0 Å². The van der Waals surface area contributed by atoms with Gasteiger partial charge in [-0.15, -0.1) is 11.3 Å². The standard InChI is InChI=1S/C8H14N2OS/c1-3-7(11)8-10-6(4-9-2)5-12-8/h5,7,9,11H,3-4H2,1-2H3. The SMILES string of the molecule is CCC(O)c1nc(CNC)cs1. The zero-order chi connectivity index (χ0) is 8.97. The Bertz CT molecular complexity index is 237. The molecule has 3 nitrogen and oxygen atoms in total. The summed E-state index contributed by atoms with van der Waals surface area (Å²) >= 11 is 1.52. The van der Waals surface area contributed by atoms with Gasteiger partial charge in [-0.25, -0.2) is 4.98 Å². The van der Waals surface area contributed by atoms with Crippen molar-refractivity contribution in [1.29, 1.82) is 0 Å². The molecule has 1 aromatic rings. The van der Waals surface area contributed by atoms with Crippen molar-refractivity contribution in [1.82, 2.24) is 10.3 Å². The van der Waals surface area contributed by atoms with Crippen LogP contribution >= 0.6 is 11.3 Å². The Kier molecular flexibility index (Phi) is 3.65. The third-order valence-corrected chi connectivity index (χ3v) is 2.59. The highest BCUT2D eigenvalue weighted by Gasteiger charge is 2.08. The Morgan fingerprint density at radius 1 is 1.75 bits per heavy atom. The monoisotopic (exact) mass is 186 g/mol. The third-order valence-electron chi connectivity index (χ3n) is 1.60. The Morgan fingerprint density at radius 2 is 2.50 bits per heavy atom. The molecule has 1 aromatic heterocycles. The number of hydrogen-bond donors (Lipinski definition) is 2. The second kappa shape index (κ2) is 4.54. The van der Waals surface area contributed by atoms with E-state index in [9.17, 15) is 5.11 Å². The first-order chi connectivity index (χ1) is 5.77. The zero-order valence-electron chi connectivity index (χ0n) is 7.37. The van der Waals surface area contributed by atoms with Crippen LogP contribution in [0.1, 0.15) is 30.2 Å². The lowest BCUT2D eigenvalue weighted by Gasteiger charge is -2.00. The molecule has 0 aliphatic heterocycles. The van der Waals surface area contributed by atoms with E-state index < -0.39 is 0 Å². The van der Waals surface area contributed by atoms with E-state index in [2.05, 4.69) is 10.3 Å². The molecule has 12 heavy (non-hydrogen) atoms. The van der Waals surface area contributed by atoms with Gasteiger partial charge in [0.25, 0.3) is 0 Å². The number of aromatic nitrogens is 1. The molecule has 0 bridgehead atoms. The number of nitrogens with zero attached hydrogens (tertiary/aromatic N) is 1. The summed E-state index contributed by atoms with van der Waals surface area (Å²) in [5, 5.41) is 15.3. The quantitative estimate of drug-likeness (QED) is 0.745. The van der Waals surface area contributed by atoms with Gasteiger partial charge in [-0.3, -0.25) is 0 Å². The van der Waals surface area contributed by atoms with Crippen molar-refractivity contribution in [2.75, 3.05) is 7.05 Å². The van der Waals surface area contributed by atoms with E-state index in [1.165, 1.54) is 11.3 Å². The summed E-state index contributed by atoms with van der Waals surface area (Å²) < 4.78 is 0. The van der Waals surface area contributed by atoms with Crippen LogP contribution in [0.5, 0.6) is 0 Å². The molecule has 4 heteroatoms. The van der Waals surface area contributed by atoms with Gasteiger partial charge in [-0.05, 0) is 13.5 Å². The second-order valence-corrected chi connectivity index (χ2v) is 3.52. The number of hydrogen-bond acceptors (Lipinski definition) is 4. The predicted octanol–water partition coefficient (Wildman–Crippen LogP) is 1.31. The highest BCUT2D eigenvalue weighted by Crippen LogP contribution is 2.20. The van der Waals surface area contributed by atoms with Crippen LogP contribution in [-0.2, 0) is 6.54 Å². The molecular weight excluding hydrogens is 172 g/mol. The average molecular weight is 186 g/mol. The number of aliphatic hydroxyl groups is 1. The van der Waals surface area contributed by atoms with Crippen LogP contribution in [0.15, 0.2) is 5.38 Å². The molecule has 0 aliphatic carbocycles. The molecular formula is C8H14N2OS. The zero-order valence-corrected chi connectivity index (χ0v) is 8.19. The first-order valence-electron chi connectivity index (χ1n) is 4.05. The third kappa shape index (κ3) is 2.27. The van der Waals surface area contributed by atoms with Gasteiger partial charge in [0, 0.05) is 11.9 Å². The molecule has 1 unspecified atom stereocenters. The van der Waals surface area contributed by atoms with Gasteiger partial charge in [-0.1, -0.05) is 6.92 Å². The smallest absolute Gasteiger partial charge is 0.122 e. The summed E-state index contributed by atoms with van der Waals surface area (Å²) in [4.78, 5) is 4.28. The van der Waals surface area contributed by atoms with Crippen molar-refractivity contribution < 1.29 is 5.11 Å². The fourth-order valence-electron chi connectivity index (χ4n) is 0.913. The highest BCUT2D eigenvalue weighted by atomic mass is 32.1. The van der Waals surface area contributed by atoms with Gasteiger partial charge in [0.1, 0.15) is 11.1 Å². The average Bonchev–Trinajstić information content (AvgIpc) is 2.52. The van der Waals surface area contributed by atoms with Gasteiger partial charge in [0.2, 0.25) is 0 Å². The van der Waals surface area contributed by atoms with Crippen molar-refractivity contribution in [2.24, 2.45) is 0 Å². The summed E-state index contributed by atoms with van der Waals surface area (Å²) in [5.74, 6) is 0. The largest absolute Gasteiger partial charge is 0.386 e. The number of nitrogens with one attached hydrogen (secondary N) is 1. The van der Waals surface area contributed by atoms with Gasteiger partial charge < -0.3 is 10.4 Å². The normalized spacial score (nSPS) is 13.2. The fourth-order valence-corrected chi connectivity index (χ4v) is 1.80. The van der Waals surface area contributed by atoms with Crippen molar-refractivity contribution >= 4 is 11.3 Å². The minimum atomic E-state index is -0.388. The number of thiazole rings is 1. The van der Waals surface area contributed by atoms with Crippen LogP contribution in [0.3, 0.4) is 0 Å². The molecule has 68 valence electrons. The van der Waals surface area contributed by atoms with Crippen LogP contribution in [0.2, 0.25) is 0 Å². The molecule has 1 atom stereocenters. The molecule has 0 spiro atoms. The van der Waals surface area contributed by atoms with Crippen LogP contribution in [0, 0.1) is 0 Å². The molecule has 0 fully saturated rings. The van der Waals surface area contributed by atoms with Gasteiger partial charge >= 0.3 is 0 Å². The maximum absolute atomic E-state index is 9.44. The summed E-state index contributed by atoms with van der Waals surface area (Å²) in [6.07, 6.45) is 0.340. The van der Waals surface area contributed by atoms with E-state index in [0.29, 0.717) is 0 Å². The van der Waals surface area contributed by atoms with Crippen molar-refractivity contribution in [3.63, 3.8) is 0 Å². The summed E-state index contributed by atoms with van der Waals surface area (Å²) in [6, 6.07) is 0. The number of aliphatic hydroxyl groups excluding tert-OH is 1. The molecule has 0 radical (unpaired) electrons. The van der Waals surface area contributed by atoms with Crippen LogP contribution in [-0.4, -0.2) is 17.1 Å². The van der Waals surface area contributed by atoms with Crippen molar-refractivity contribution in [2.45, 2.75) is 26.0 Å². The van der Waals surface area contributed by atoms with Gasteiger partial charge in [-0.2, -0.15) is 0 Å². The molecule has 1 heterocycles. The van der Waals surface area contributed by atoms with E-state index in [0.717, 1.165) is 23.7 Å². The minimum Gasteiger partial charge on any atom is -0.386 e.